The van der Waals surface area contributed by atoms with E-state index in [1.165, 1.54) is 13.8 Å². The molecule has 0 bridgehead atoms. The number of hydrogen-bond donors (Lipinski definition) is 4. The van der Waals surface area contributed by atoms with Crippen LogP contribution in [0.3, 0.4) is 0 Å². The number of aliphatic hydroxyl groups is 2. The zero-order valence-electron chi connectivity index (χ0n) is 29.8. The molecule has 0 aliphatic carbocycles. The van der Waals surface area contributed by atoms with Crippen molar-refractivity contribution < 1.29 is 58.8 Å². The van der Waals surface area contributed by atoms with Gasteiger partial charge < -0.3 is 40.2 Å². The Balaban J connectivity index is -0.000000807. The molecule has 0 heterocycles. The summed E-state index contributed by atoms with van der Waals surface area (Å²) in [5, 5.41) is 59.9. The number of carbonyl (C=O) groups excluding carboxylic acids is 2. The quantitative estimate of drug-likeness (QED) is 0.0339. The molecule has 268 valence electrons. The molecule has 0 saturated carbocycles. The van der Waals surface area contributed by atoms with Gasteiger partial charge in [0.05, 0.1) is 39.3 Å². The Morgan fingerprint density at radius 3 is 1.11 bits per heavy atom. The van der Waals surface area contributed by atoms with Crippen molar-refractivity contribution in [3.05, 3.63) is 24.3 Å². The Kier molecular flexibility index (Phi) is 30.0. The van der Waals surface area contributed by atoms with Crippen LogP contribution in [0.5, 0.6) is 0 Å². The number of unbranched alkanes of at least 4 members (excludes halogenated alkanes) is 6. The van der Waals surface area contributed by atoms with E-state index >= 15 is 0 Å². The number of aliphatic hydroxyl groups excluding tert-OH is 2. The van der Waals surface area contributed by atoms with Crippen molar-refractivity contribution in [2.75, 3.05) is 52.7 Å². The molecule has 0 aliphatic rings. The van der Waals surface area contributed by atoms with Crippen LogP contribution in [0, 0.1) is 23.7 Å². The minimum atomic E-state index is -1.18. The van der Waals surface area contributed by atoms with Crippen molar-refractivity contribution >= 4 is 61.6 Å². The van der Waals surface area contributed by atoms with E-state index in [-0.39, 0.29) is 86.3 Å². The summed E-state index contributed by atoms with van der Waals surface area (Å²) in [4.78, 5) is 44.3. The molecule has 0 saturated heterocycles. The van der Waals surface area contributed by atoms with Gasteiger partial charge in [-0.3, -0.25) is 18.6 Å². The van der Waals surface area contributed by atoms with Crippen LogP contribution < -0.4 is 10.2 Å². The fourth-order valence-corrected chi connectivity index (χ4v) is 5.28. The van der Waals surface area contributed by atoms with Gasteiger partial charge >= 0.3 is 49.7 Å². The summed E-state index contributed by atoms with van der Waals surface area (Å²) in [6.07, 6.45) is 16.5. The first-order chi connectivity index (χ1) is 21.6. The summed E-state index contributed by atoms with van der Waals surface area (Å²) in [6.45, 7) is 11.3. The number of nitrogens with zero attached hydrogens (tertiary/aromatic N) is 2. The number of rotatable bonds is 26. The smallest absolute Gasteiger partial charge is 0.550 e. The number of aliphatic carboxylic acids is 4. The van der Waals surface area contributed by atoms with Crippen LogP contribution in [0.1, 0.15) is 92.9 Å². The van der Waals surface area contributed by atoms with E-state index < -0.39 is 47.5 Å². The molecule has 0 aromatic carbocycles. The third-order valence-electron chi connectivity index (χ3n) is 8.16. The maximum atomic E-state index is 11.1. The van der Waals surface area contributed by atoms with Gasteiger partial charge in [-0.2, -0.15) is 0 Å². The minimum absolute atomic E-state index is 0. The van der Waals surface area contributed by atoms with Gasteiger partial charge in [0.15, 0.2) is 13.5 Å². The first-order valence-electron chi connectivity index (χ1n) is 16.6. The van der Waals surface area contributed by atoms with E-state index in [1.807, 2.05) is 24.3 Å². The van der Waals surface area contributed by atoms with Gasteiger partial charge in [0.1, 0.15) is 11.8 Å². The molecule has 0 amide bonds. The fraction of sp³-hybridized carbons (Fsp3) is 0.765. The van der Waals surface area contributed by atoms with Crippen LogP contribution in [-0.2, 0) is 19.2 Å². The predicted octanol–water partition coefficient (Wildman–Crippen LogP) is 1.61. The zero-order valence-corrected chi connectivity index (χ0v) is 32.0. The molecular formula is C34H62CaN2O10+2. The Morgan fingerprint density at radius 2 is 0.872 bits per heavy atom. The van der Waals surface area contributed by atoms with Crippen LogP contribution >= 0.6 is 0 Å². The SMILES string of the molecule is CCCCC/C=C/C[N+](CO)(CC(C)C(=O)[O-])CC(C)C(=O)O.CCCCC/C=C/C[N+](CO)(CC(C)C(=O)[O-])CC(C)C(=O)O.[Ca+2]. The monoisotopic (exact) mass is 698 g/mol. The van der Waals surface area contributed by atoms with Gasteiger partial charge in [-0.1, -0.05) is 65.5 Å². The van der Waals surface area contributed by atoms with Crippen molar-refractivity contribution in [3.8, 4) is 0 Å². The van der Waals surface area contributed by atoms with E-state index in [4.69, 9.17) is 10.2 Å². The molecule has 0 rings (SSSR count). The van der Waals surface area contributed by atoms with E-state index in [0.29, 0.717) is 13.1 Å². The topological polar surface area (TPSA) is 195 Å². The first-order valence-corrected chi connectivity index (χ1v) is 16.6. The summed E-state index contributed by atoms with van der Waals surface area (Å²) in [5.41, 5.74) is 0. The van der Waals surface area contributed by atoms with E-state index in [2.05, 4.69) is 13.8 Å². The molecule has 6 atom stereocenters. The first kappa shape index (κ1) is 49.8. The molecule has 47 heavy (non-hydrogen) atoms. The van der Waals surface area contributed by atoms with Crippen LogP contribution in [0.15, 0.2) is 24.3 Å². The van der Waals surface area contributed by atoms with Crippen molar-refractivity contribution in [3.63, 3.8) is 0 Å². The molecule has 4 N–H and O–H groups in total. The van der Waals surface area contributed by atoms with Gasteiger partial charge in [-0.05, 0) is 51.7 Å². The Hall–Kier alpha value is -1.54. The molecule has 13 heteroatoms. The second-order valence-corrected chi connectivity index (χ2v) is 12.9. The maximum absolute atomic E-state index is 11.1. The average molecular weight is 699 g/mol. The second kappa shape index (κ2) is 28.3. The maximum Gasteiger partial charge on any atom is 2.00 e. The Bertz CT molecular complexity index is 826. The summed E-state index contributed by atoms with van der Waals surface area (Å²) >= 11 is 0. The van der Waals surface area contributed by atoms with E-state index in [9.17, 15) is 39.6 Å². The number of carboxylic acid groups (broad SMARTS) is 4. The summed E-state index contributed by atoms with van der Waals surface area (Å²) in [7, 11) is 0. The number of quaternary nitrogens is 2. The molecule has 12 nitrogen and oxygen atoms in total. The summed E-state index contributed by atoms with van der Waals surface area (Å²) < 4.78 is 0.0415. The summed E-state index contributed by atoms with van der Waals surface area (Å²) in [6, 6.07) is 0. The molecule has 6 unspecified atom stereocenters. The molecule has 0 spiro atoms. The third kappa shape index (κ3) is 23.5. The molecule has 0 aromatic rings. The summed E-state index contributed by atoms with van der Waals surface area (Å²) in [5.74, 6) is -7.10. The standard InChI is InChI=1S/2C17H31NO5.Ca/c2*1-4-5-6-7-8-9-10-18(13-19,11-14(2)16(20)21)12-15(3)17(22)23;/h2*8-9,14-15,19H,4-7,10-13H2,1-3H3,(H-,20,21,22,23);/q;;+2/b2*9-8+;. The van der Waals surface area contributed by atoms with Crippen molar-refractivity contribution in [2.24, 2.45) is 23.7 Å². The third-order valence-corrected chi connectivity index (χ3v) is 8.16. The molecule has 0 fully saturated rings. The second-order valence-electron chi connectivity index (χ2n) is 12.9. The van der Waals surface area contributed by atoms with Crippen LogP contribution in [-0.4, -0.2) is 144 Å². The van der Waals surface area contributed by atoms with Crippen LogP contribution in [0.2, 0.25) is 0 Å². The fourth-order valence-electron chi connectivity index (χ4n) is 5.28. The number of carbonyl (C=O) groups is 4. The zero-order chi connectivity index (χ0) is 35.8. The van der Waals surface area contributed by atoms with Crippen molar-refractivity contribution in [1.29, 1.82) is 0 Å². The van der Waals surface area contributed by atoms with Gasteiger partial charge in [0, 0.05) is 23.8 Å². The largest absolute Gasteiger partial charge is 2.00 e. The van der Waals surface area contributed by atoms with Crippen LogP contribution in [0.4, 0.5) is 0 Å². The van der Waals surface area contributed by atoms with Crippen LogP contribution in [0.25, 0.3) is 0 Å². The van der Waals surface area contributed by atoms with Crippen molar-refractivity contribution in [1.82, 2.24) is 0 Å². The molecule has 0 aromatic heterocycles. The molecular weight excluding hydrogens is 636 g/mol. The number of carboxylic acids is 4. The van der Waals surface area contributed by atoms with E-state index in [0.717, 1.165) is 51.4 Å². The average Bonchev–Trinajstić information content (AvgIpc) is 3.00. The number of allylic oxidation sites excluding steroid dienone is 2. The predicted molar refractivity (Wildman–Crippen MR) is 178 cm³/mol. The normalized spacial score (nSPS) is 16.5. The number of hydrogen-bond acceptors (Lipinski definition) is 8. The van der Waals surface area contributed by atoms with E-state index in [1.54, 1.807) is 13.8 Å². The van der Waals surface area contributed by atoms with Gasteiger partial charge in [0.2, 0.25) is 0 Å². The molecule has 0 radical (unpaired) electrons. The Morgan fingerprint density at radius 1 is 0.574 bits per heavy atom. The van der Waals surface area contributed by atoms with Crippen molar-refractivity contribution in [2.45, 2.75) is 92.9 Å². The minimum Gasteiger partial charge on any atom is -0.550 e. The van der Waals surface area contributed by atoms with Gasteiger partial charge in [-0.15, -0.1) is 0 Å². The van der Waals surface area contributed by atoms with Gasteiger partial charge in [0.25, 0.3) is 0 Å². The Labute approximate surface area is 312 Å². The van der Waals surface area contributed by atoms with Gasteiger partial charge in [-0.25, -0.2) is 0 Å². The molecule has 0 aliphatic heterocycles.